The van der Waals surface area contributed by atoms with Gasteiger partial charge in [0.25, 0.3) is 0 Å². The fourth-order valence-corrected chi connectivity index (χ4v) is 2.95. The summed E-state index contributed by atoms with van der Waals surface area (Å²) in [6, 6.07) is 17.7. The van der Waals surface area contributed by atoms with Crippen LogP contribution in [0.4, 0.5) is 0 Å². The fraction of sp³-hybridized carbons (Fsp3) is 0.368. The third-order valence-electron chi connectivity index (χ3n) is 4.09. The number of aliphatic hydroxyl groups excluding tert-OH is 2. The van der Waals surface area contributed by atoms with Gasteiger partial charge in [0.1, 0.15) is 0 Å². The van der Waals surface area contributed by atoms with Crippen molar-refractivity contribution < 1.29 is 10.2 Å². The summed E-state index contributed by atoms with van der Waals surface area (Å²) in [6.45, 7) is 2.73. The molecule has 0 heterocycles. The number of thioether (sulfide) groups is 1. The molecule has 0 saturated carbocycles. The zero-order chi connectivity index (χ0) is 16.7. The van der Waals surface area contributed by atoms with Gasteiger partial charge in [0.2, 0.25) is 0 Å². The summed E-state index contributed by atoms with van der Waals surface area (Å²) >= 11 is 1.67. The molecule has 2 aromatic rings. The van der Waals surface area contributed by atoms with Gasteiger partial charge < -0.3 is 15.5 Å². The first kappa shape index (κ1) is 21.0. The first-order chi connectivity index (χ1) is 11.2. The zero-order valence-corrected chi connectivity index (χ0v) is 15.7. The molecule has 2 aromatic carbocycles. The second kappa shape index (κ2) is 10.7. The molecule has 0 aliphatic rings. The summed E-state index contributed by atoms with van der Waals surface area (Å²) in [4.78, 5) is 1.16. The van der Waals surface area contributed by atoms with Crippen LogP contribution >= 0.6 is 24.2 Å². The van der Waals surface area contributed by atoms with Gasteiger partial charge in [-0.15, -0.1) is 24.2 Å². The van der Waals surface area contributed by atoms with E-state index >= 15 is 0 Å². The van der Waals surface area contributed by atoms with Crippen molar-refractivity contribution in [1.29, 1.82) is 0 Å². The largest absolute Gasteiger partial charge is 0.395 e. The molecule has 2 rings (SSSR count). The van der Waals surface area contributed by atoms with Crippen molar-refractivity contribution >= 4 is 24.2 Å². The van der Waals surface area contributed by atoms with E-state index in [1.165, 1.54) is 5.56 Å². The highest BCUT2D eigenvalue weighted by Crippen LogP contribution is 2.22. The molecular formula is C19H26ClNO2S. The molecule has 0 aromatic heterocycles. The summed E-state index contributed by atoms with van der Waals surface area (Å²) in [7, 11) is 0. The van der Waals surface area contributed by atoms with Crippen LogP contribution in [0.5, 0.6) is 0 Å². The molecule has 3 atom stereocenters. The topological polar surface area (TPSA) is 52.5 Å². The number of benzene rings is 2. The van der Waals surface area contributed by atoms with Crippen molar-refractivity contribution in [2.24, 2.45) is 0 Å². The molecule has 5 heteroatoms. The van der Waals surface area contributed by atoms with E-state index in [-0.39, 0.29) is 25.1 Å². The van der Waals surface area contributed by atoms with Crippen LogP contribution < -0.4 is 5.32 Å². The maximum Gasteiger partial charge on any atom is 0.0965 e. The van der Waals surface area contributed by atoms with Crippen LogP contribution in [-0.4, -0.2) is 35.7 Å². The average molecular weight is 368 g/mol. The second-order valence-electron chi connectivity index (χ2n) is 5.73. The van der Waals surface area contributed by atoms with E-state index in [9.17, 15) is 10.2 Å². The van der Waals surface area contributed by atoms with Crippen LogP contribution in [0, 0.1) is 0 Å². The normalized spacial score (nSPS) is 14.5. The lowest BCUT2D eigenvalue weighted by atomic mass is 9.99. The molecule has 0 bridgehead atoms. The second-order valence-corrected chi connectivity index (χ2v) is 6.61. The van der Waals surface area contributed by atoms with E-state index in [0.717, 1.165) is 10.5 Å². The number of hydrogen-bond donors (Lipinski definition) is 3. The summed E-state index contributed by atoms with van der Waals surface area (Å²) in [5.41, 5.74) is 2.07. The molecule has 3 nitrogen and oxygen atoms in total. The smallest absolute Gasteiger partial charge is 0.0965 e. The Morgan fingerprint density at radius 3 is 2.17 bits per heavy atom. The lowest BCUT2D eigenvalue weighted by Crippen LogP contribution is -2.40. The summed E-state index contributed by atoms with van der Waals surface area (Å²) in [6.07, 6.45) is 1.30. The van der Waals surface area contributed by atoms with Crippen molar-refractivity contribution in [3.05, 3.63) is 65.7 Å². The molecule has 3 N–H and O–H groups in total. The third kappa shape index (κ3) is 5.80. The van der Waals surface area contributed by atoms with Crippen LogP contribution in [0.2, 0.25) is 0 Å². The minimum atomic E-state index is -0.723. The van der Waals surface area contributed by atoms with Gasteiger partial charge in [0, 0.05) is 11.4 Å². The summed E-state index contributed by atoms with van der Waals surface area (Å²) in [5.74, 6) is 0.316. The van der Waals surface area contributed by atoms with E-state index in [0.29, 0.717) is 12.5 Å². The molecule has 0 spiro atoms. The monoisotopic (exact) mass is 367 g/mol. The number of rotatable bonds is 8. The maximum absolute atomic E-state index is 10.5. The molecule has 1 unspecified atom stereocenters. The predicted octanol–water partition coefficient (Wildman–Crippen LogP) is 3.62. The van der Waals surface area contributed by atoms with Crippen molar-refractivity contribution in [3.8, 4) is 0 Å². The summed E-state index contributed by atoms with van der Waals surface area (Å²) < 4.78 is 0. The Kier molecular flexibility index (Phi) is 9.41. The maximum atomic E-state index is 10.5. The molecular weight excluding hydrogens is 342 g/mol. The molecule has 0 aliphatic carbocycles. The molecule has 0 radical (unpaired) electrons. The first-order valence-electron chi connectivity index (χ1n) is 7.87. The Balaban J connectivity index is 0.00000288. The molecule has 132 valence electrons. The molecule has 0 amide bonds. The van der Waals surface area contributed by atoms with Crippen molar-refractivity contribution in [1.82, 2.24) is 5.32 Å². The Hall–Kier alpha value is -1.04. The van der Waals surface area contributed by atoms with Gasteiger partial charge in [-0.3, -0.25) is 0 Å². The molecule has 0 saturated heterocycles. The summed E-state index contributed by atoms with van der Waals surface area (Å²) in [5, 5.41) is 23.4. The van der Waals surface area contributed by atoms with Crippen molar-refractivity contribution in [3.63, 3.8) is 0 Å². The highest BCUT2D eigenvalue weighted by atomic mass is 35.5. The van der Waals surface area contributed by atoms with Crippen molar-refractivity contribution in [2.45, 2.75) is 29.9 Å². The third-order valence-corrected chi connectivity index (χ3v) is 4.83. The number of halogens is 1. The van der Waals surface area contributed by atoms with E-state index < -0.39 is 6.10 Å². The van der Waals surface area contributed by atoms with Gasteiger partial charge in [-0.25, -0.2) is 0 Å². The SMILES string of the molecule is CSc1ccc([C@H](O)[C@H](CO)NCC(C)c2ccccc2)cc1.Cl. The highest BCUT2D eigenvalue weighted by Gasteiger charge is 2.20. The Morgan fingerprint density at radius 1 is 1.00 bits per heavy atom. The lowest BCUT2D eigenvalue weighted by molar-refractivity contribution is 0.0894. The standard InChI is InChI=1S/C19H25NO2S.ClH/c1-14(15-6-4-3-5-7-15)12-20-18(13-21)19(22)16-8-10-17(23-2)11-9-16;/h3-11,14,18-22H,12-13H2,1-2H3;1H/t14?,18-,19-;/m0./s1. The van der Waals surface area contributed by atoms with Gasteiger partial charge >= 0.3 is 0 Å². The molecule has 24 heavy (non-hydrogen) atoms. The van der Waals surface area contributed by atoms with Crippen LogP contribution in [0.15, 0.2) is 59.5 Å². The Labute approximate surface area is 154 Å². The minimum Gasteiger partial charge on any atom is -0.395 e. The molecule has 0 aliphatic heterocycles. The molecule has 0 fully saturated rings. The van der Waals surface area contributed by atoms with Crippen molar-refractivity contribution in [2.75, 3.05) is 19.4 Å². The Bertz CT molecular complexity index is 580. The number of hydrogen-bond acceptors (Lipinski definition) is 4. The van der Waals surface area contributed by atoms with Gasteiger partial charge in [-0.05, 0) is 35.4 Å². The van der Waals surface area contributed by atoms with Crippen LogP contribution in [0.3, 0.4) is 0 Å². The van der Waals surface area contributed by atoms with E-state index in [1.807, 2.05) is 48.7 Å². The quantitative estimate of drug-likeness (QED) is 0.624. The zero-order valence-electron chi connectivity index (χ0n) is 14.1. The van der Waals surface area contributed by atoms with Crippen LogP contribution in [0.1, 0.15) is 30.1 Å². The van der Waals surface area contributed by atoms with Gasteiger partial charge in [0.05, 0.1) is 18.8 Å². The average Bonchev–Trinajstić information content (AvgIpc) is 2.62. The minimum absolute atomic E-state index is 0. The van der Waals surface area contributed by atoms with Crippen LogP contribution in [-0.2, 0) is 0 Å². The van der Waals surface area contributed by atoms with E-state index in [4.69, 9.17) is 0 Å². The highest BCUT2D eigenvalue weighted by molar-refractivity contribution is 7.98. The van der Waals surface area contributed by atoms with Gasteiger partial charge in [-0.2, -0.15) is 0 Å². The number of nitrogens with one attached hydrogen (secondary N) is 1. The lowest BCUT2D eigenvalue weighted by Gasteiger charge is -2.24. The van der Waals surface area contributed by atoms with E-state index in [2.05, 4.69) is 24.4 Å². The van der Waals surface area contributed by atoms with Crippen LogP contribution in [0.25, 0.3) is 0 Å². The first-order valence-corrected chi connectivity index (χ1v) is 9.09. The predicted molar refractivity (Wildman–Crippen MR) is 104 cm³/mol. The van der Waals surface area contributed by atoms with E-state index in [1.54, 1.807) is 11.8 Å². The Morgan fingerprint density at radius 2 is 1.62 bits per heavy atom. The van der Waals surface area contributed by atoms with Gasteiger partial charge in [0.15, 0.2) is 0 Å². The fourth-order valence-electron chi connectivity index (χ4n) is 2.54. The number of aliphatic hydroxyl groups is 2. The van der Waals surface area contributed by atoms with Gasteiger partial charge in [-0.1, -0.05) is 49.4 Å².